The Labute approximate surface area is 169 Å². The number of rotatable bonds is 10. The van der Waals surface area contributed by atoms with Gasteiger partial charge >= 0.3 is 0 Å². The summed E-state index contributed by atoms with van der Waals surface area (Å²) in [5.41, 5.74) is 0.0540. The van der Waals surface area contributed by atoms with E-state index in [4.69, 9.17) is 4.74 Å². The fraction of sp³-hybridized carbons (Fsp3) is 0.944. The molecule has 3 aliphatic rings. The van der Waals surface area contributed by atoms with E-state index in [0.29, 0.717) is 0 Å². The Kier molecular flexibility index (Phi) is 8.71. The molecule has 0 spiro atoms. The summed E-state index contributed by atoms with van der Waals surface area (Å²) in [6.07, 6.45) is 7.40. The minimum Gasteiger partial charge on any atom is -0.396 e. The predicted octanol–water partition coefficient (Wildman–Crippen LogP) is 1.43. The van der Waals surface area contributed by atoms with Crippen LogP contribution in [0.25, 0.3) is 0 Å². The first-order valence-corrected chi connectivity index (χ1v) is 9.62. The first-order valence-electron chi connectivity index (χ1n) is 9.62. The third-order valence-corrected chi connectivity index (χ3v) is 5.63. The Balaban J connectivity index is 0.00000225. The zero-order valence-corrected chi connectivity index (χ0v) is 17.8. The summed E-state index contributed by atoms with van der Waals surface area (Å²) in [6, 6.07) is 0.839. The van der Waals surface area contributed by atoms with Gasteiger partial charge in [-0.15, -0.1) is 24.0 Å². The normalized spacial score (nSPS) is 26.6. The Morgan fingerprint density at radius 1 is 1.28 bits per heavy atom. The summed E-state index contributed by atoms with van der Waals surface area (Å²) in [4.78, 5) is 7.01. The number of aliphatic hydroxyl groups is 1. The summed E-state index contributed by atoms with van der Waals surface area (Å²) in [6.45, 7) is 5.88. The quantitative estimate of drug-likeness (QED) is 0.258. The van der Waals surface area contributed by atoms with Crippen LogP contribution in [0.3, 0.4) is 0 Å². The molecule has 25 heavy (non-hydrogen) atoms. The lowest BCUT2D eigenvalue weighted by molar-refractivity contribution is 0.127. The lowest BCUT2D eigenvalue weighted by Crippen LogP contribution is -2.46. The van der Waals surface area contributed by atoms with E-state index in [1.165, 1.54) is 32.2 Å². The molecule has 0 radical (unpaired) electrons. The minimum absolute atomic E-state index is 0. The average Bonchev–Trinajstić information content (AvgIpc) is 3.50. The van der Waals surface area contributed by atoms with Crippen LogP contribution >= 0.6 is 24.0 Å². The van der Waals surface area contributed by atoms with Crippen molar-refractivity contribution in [2.24, 2.45) is 16.3 Å². The molecule has 0 aromatic rings. The monoisotopic (exact) mass is 466 g/mol. The molecule has 3 N–H and O–H groups in total. The summed E-state index contributed by atoms with van der Waals surface area (Å²) >= 11 is 0. The van der Waals surface area contributed by atoms with Crippen LogP contribution in [0.2, 0.25) is 0 Å². The first-order chi connectivity index (χ1) is 11.7. The van der Waals surface area contributed by atoms with Gasteiger partial charge in [0.15, 0.2) is 5.96 Å². The van der Waals surface area contributed by atoms with Gasteiger partial charge in [0.25, 0.3) is 0 Å². The molecule has 1 atom stereocenters. The second-order valence-corrected chi connectivity index (χ2v) is 7.80. The van der Waals surface area contributed by atoms with Gasteiger partial charge in [-0.25, -0.2) is 0 Å². The zero-order chi connectivity index (χ0) is 16.8. The third kappa shape index (κ3) is 6.84. The SMILES string of the molecule is CN=C(NCCN(CC1CC1)C1CC1)NCC1(CCO)CCOC1.I. The largest absolute Gasteiger partial charge is 0.396 e. The fourth-order valence-corrected chi connectivity index (χ4v) is 3.62. The molecule has 3 fully saturated rings. The highest BCUT2D eigenvalue weighted by Gasteiger charge is 2.35. The molecule has 1 unspecified atom stereocenters. The second kappa shape index (κ2) is 10.3. The molecule has 7 heteroatoms. The standard InChI is InChI=1S/C18H34N4O2.HI/c1-19-17(21-13-18(6-10-23)7-11-24-14-18)20-8-9-22(16-4-5-16)12-15-2-3-15;/h15-16,23H,2-14H2,1H3,(H2,19,20,21);1H. The van der Waals surface area contributed by atoms with Gasteiger partial charge in [-0.1, -0.05) is 0 Å². The molecule has 0 bridgehead atoms. The van der Waals surface area contributed by atoms with Crippen molar-refractivity contribution < 1.29 is 9.84 Å². The summed E-state index contributed by atoms with van der Waals surface area (Å²) < 4.78 is 5.55. The average molecular weight is 466 g/mol. The van der Waals surface area contributed by atoms with Crippen LogP contribution in [0, 0.1) is 11.3 Å². The maximum atomic E-state index is 9.32. The summed E-state index contributed by atoms with van der Waals surface area (Å²) in [5, 5.41) is 16.2. The number of nitrogens with zero attached hydrogens (tertiary/aromatic N) is 2. The number of aliphatic imine (C=N–C) groups is 1. The van der Waals surface area contributed by atoms with E-state index in [-0.39, 0.29) is 36.0 Å². The number of aliphatic hydroxyl groups excluding tert-OH is 1. The van der Waals surface area contributed by atoms with Crippen LogP contribution in [0.1, 0.15) is 38.5 Å². The molecule has 0 aromatic carbocycles. The number of halogens is 1. The van der Waals surface area contributed by atoms with E-state index in [1.807, 2.05) is 7.05 Å². The Morgan fingerprint density at radius 2 is 2.08 bits per heavy atom. The van der Waals surface area contributed by atoms with Crippen molar-refractivity contribution in [1.29, 1.82) is 0 Å². The van der Waals surface area contributed by atoms with Crippen molar-refractivity contribution in [3.05, 3.63) is 0 Å². The Hall–Kier alpha value is -0.120. The van der Waals surface area contributed by atoms with Crippen LogP contribution in [-0.2, 0) is 4.74 Å². The Bertz CT molecular complexity index is 421. The molecular weight excluding hydrogens is 431 g/mol. The third-order valence-electron chi connectivity index (χ3n) is 5.63. The fourth-order valence-electron chi connectivity index (χ4n) is 3.62. The molecule has 2 saturated carbocycles. The van der Waals surface area contributed by atoms with Crippen LogP contribution in [-0.4, -0.2) is 75.1 Å². The van der Waals surface area contributed by atoms with Gasteiger partial charge in [-0.05, 0) is 44.4 Å². The van der Waals surface area contributed by atoms with Crippen molar-refractivity contribution in [2.75, 3.05) is 53.0 Å². The van der Waals surface area contributed by atoms with Crippen molar-refractivity contribution in [3.8, 4) is 0 Å². The minimum atomic E-state index is 0. The van der Waals surface area contributed by atoms with Gasteiger partial charge in [-0.2, -0.15) is 0 Å². The van der Waals surface area contributed by atoms with E-state index in [9.17, 15) is 5.11 Å². The van der Waals surface area contributed by atoms with Gasteiger partial charge in [0.1, 0.15) is 0 Å². The molecular formula is C18H35IN4O2. The molecule has 3 rings (SSSR count). The number of guanidine groups is 1. The van der Waals surface area contributed by atoms with Crippen LogP contribution < -0.4 is 10.6 Å². The lowest BCUT2D eigenvalue weighted by atomic mass is 9.84. The lowest BCUT2D eigenvalue weighted by Gasteiger charge is -2.28. The smallest absolute Gasteiger partial charge is 0.191 e. The number of hydrogen-bond donors (Lipinski definition) is 3. The van der Waals surface area contributed by atoms with Crippen molar-refractivity contribution in [3.63, 3.8) is 0 Å². The zero-order valence-electron chi connectivity index (χ0n) is 15.5. The highest BCUT2D eigenvalue weighted by molar-refractivity contribution is 14.0. The summed E-state index contributed by atoms with van der Waals surface area (Å²) in [5.74, 6) is 1.82. The maximum absolute atomic E-state index is 9.32. The van der Waals surface area contributed by atoms with Crippen molar-refractivity contribution in [1.82, 2.24) is 15.5 Å². The van der Waals surface area contributed by atoms with E-state index in [0.717, 1.165) is 63.6 Å². The van der Waals surface area contributed by atoms with E-state index in [1.54, 1.807) is 0 Å². The number of nitrogens with one attached hydrogen (secondary N) is 2. The first kappa shape index (κ1) is 21.2. The van der Waals surface area contributed by atoms with Gasteiger partial charge in [0.05, 0.1) is 6.61 Å². The molecule has 1 aliphatic heterocycles. The molecule has 2 aliphatic carbocycles. The maximum Gasteiger partial charge on any atom is 0.191 e. The molecule has 1 heterocycles. The number of hydrogen-bond acceptors (Lipinski definition) is 4. The van der Waals surface area contributed by atoms with E-state index in [2.05, 4.69) is 20.5 Å². The van der Waals surface area contributed by atoms with E-state index >= 15 is 0 Å². The molecule has 6 nitrogen and oxygen atoms in total. The van der Waals surface area contributed by atoms with Crippen LogP contribution in [0.5, 0.6) is 0 Å². The Morgan fingerprint density at radius 3 is 2.64 bits per heavy atom. The molecule has 1 saturated heterocycles. The van der Waals surface area contributed by atoms with Crippen molar-refractivity contribution >= 4 is 29.9 Å². The topological polar surface area (TPSA) is 69.1 Å². The van der Waals surface area contributed by atoms with Gasteiger partial charge < -0.3 is 20.5 Å². The predicted molar refractivity (Wildman–Crippen MR) is 112 cm³/mol. The summed E-state index contributed by atoms with van der Waals surface area (Å²) in [7, 11) is 1.82. The molecule has 146 valence electrons. The van der Waals surface area contributed by atoms with Crippen LogP contribution in [0.4, 0.5) is 0 Å². The van der Waals surface area contributed by atoms with Gasteiger partial charge in [0, 0.05) is 57.9 Å². The molecule has 0 aromatic heterocycles. The highest BCUT2D eigenvalue weighted by atomic mass is 127. The second-order valence-electron chi connectivity index (χ2n) is 7.80. The van der Waals surface area contributed by atoms with Crippen molar-refractivity contribution in [2.45, 2.75) is 44.6 Å². The highest BCUT2D eigenvalue weighted by Crippen LogP contribution is 2.34. The van der Waals surface area contributed by atoms with Gasteiger partial charge in [0.2, 0.25) is 0 Å². The van der Waals surface area contributed by atoms with Crippen LogP contribution in [0.15, 0.2) is 4.99 Å². The van der Waals surface area contributed by atoms with Gasteiger partial charge in [-0.3, -0.25) is 9.89 Å². The van der Waals surface area contributed by atoms with E-state index < -0.39 is 0 Å². The molecule has 0 amide bonds. The number of ether oxygens (including phenoxy) is 1.